The summed E-state index contributed by atoms with van der Waals surface area (Å²) in [5, 5.41) is 3.32. The fraction of sp³-hybridized carbons (Fsp3) is 0.529. The molecule has 7 nitrogen and oxygen atoms in total. The molecule has 0 aromatic carbocycles. The fourth-order valence-corrected chi connectivity index (χ4v) is 3.28. The van der Waals surface area contributed by atoms with Crippen LogP contribution in [0.15, 0.2) is 21.9 Å². The number of aryl methyl sites for hydroxylation is 1. The SMILES string of the molecule is Cn1c(=O)c2cc(C(=O)NC3CCCCCC3)cnc2n(C)c1=O. The van der Waals surface area contributed by atoms with E-state index in [1.807, 2.05) is 0 Å². The molecule has 2 heterocycles. The highest BCUT2D eigenvalue weighted by Gasteiger charge is 2.18. The van der Waals surface area contributed by atoms with Gasteiger partial charge in [0.25, 0.3) is 11.5 Å². The van der Waals surface area contributed by atoms with Crippen LogP contribution in [0.3, 0.4) is 0 Å². The molecular weight excluding hydrogens is 308 g/mol. The van der Waals surface area contributed by atoms with Gasteiger partial charge in [0, 0.05) is 26.3 Å². The first-order valence-corrected chi connectivity index (χ1v) is 8.35. The summed E-state index contributed by atoms with van der Waals surface area (Å²) in [5.41, 5.74) is -0.239. The normalized spacial score (nSPS) is 16.1. The molecule has 0 saturated heterocycles. The van der Waals surface area contributed by atoms with E-state index in [4.69, 9.17) is 0 Å². The lowest BCUT2D eigenvalue weighted by atomic mass is 10.1. The first-order chi connectivity index (χ1) is 11.5. The maximum Gasteiger partial charge on any atom is 0.332 e. The molecule has 1 aliphatic carbocycles. The number of carbonyl (C=O) groups is 1. The second-order valence-electron chi connectivity index (χ2n) is 6.46. The molecule has 7 heteroatoms. The summed E-state index contributed by atoms with van der Waals surface area (Å²) in [6, 6.07) is 1.70. The predicted octanol–water partition coefficient (Wildman–Crippen LogP) is 1.08. The van der Waals surface area contributed by atoms with Crippen LogP contribution in [-0.4, -0.2) is 26.1 Å². The lowest BCUT2D eigenvalue weighted by molar-refractivity contribution is 0.0933. The first kappa shape index (κ1) is 16.4. The molecule has 2 aromatic heterocycles. The topological polar surface area (TPSA) is 86.0 Å². The molecule has 0 unspecified atom stereocenters. The van der Waals surface area contributed by atoms with Gasteiger partial charge in [-0.25, -0.2) is 9.78 Å². The summed E-state index contributed by atoms with van der Waals surface area (Å²) in [4.78, 5) is 40.9. The molecule has 0 aliphatic heterocycles. The van der Waals surface area contributed by atoms with Gasteiger partial charge in [0.1, 0.15) is 5.65 Å². The van der Waals surface area contributed by atoms with Crippen molar-refractivity contribution in [3.63, 3.8) is 0 Å². The average Bonchev–Trinajstić information content (AvgIpc) is 2.86. The van der Waals surface area contributed by atoms with Crippen LogP contribution in [0, 0.1) is 0 Å². The lowest BCUT2D eigenvalue weighted by Gasteiger charge is -2.16. The fourth-order valence-electron chi connectivity index (χ4n) is 3.28. The third-order valence-corrected chi connectivity index (χ3v) is 4.75. The lowest BCUT2D eigenvalue weighted by Crippen LogP contribution is -2.38. The predicted molar refractivity (Wildman–Crippen MR) is 91.2 cm³/mol. The van der Waals surface area contributed by atoms with Crippen LogP contribution in [0.2, 0.25) is 0 Å². The van der Waals surface area contributed by atoms with E-state index < -0.39 is 11.2 Å². The number of hydrogen-bond donors (Lipinski definition) is 1. The van der Waals surface area contributed by atoms with Crippen LogP contribution < -0.4 is 16.6 Å². The molecule has 128 valence electrons. The largest absolute Gasteiger partial charge is 0.349 e. The highest BCUT2D eigenvalue weighted by atomic mass is 16.2. The Morgan fingerprint density at radius 2 is 1.79 bits per heavy atom. The highest BCUT2D eigenvalue weighted by molar-refractivity contribution is 5.96. The van der Waals surface area contributed by atoms with E-state index in [1.165, 1.54) is 36.7 Å². The zero-order chi connectivity index (χ0) is 17.3. The van der Waals surface area contributed by atoms with Crippen LogP contribution in [0.4, 0.5) is 0 Å². The second-order valence-corrected chi connectivity index (χ2v) is 6.46. The molecule has 1 amide bonds. The van der Waals surface area contributed by atoms with Gasteiger partial charge < -0.3 is 5.32 Å². The number of aromatic nitrogens is 3. The summed E-state index contributed by atoms with van der Waals surface area (Å²) in [6.45, 7) is 0. The van der Waals surface area contributed by atoms with Crippen LogP contribution in [-0.2, 0) is 14.1 Å². The van der Waals surface area contributed by atoms with Gasteiger partial charge in [-0.15, -0.1) is 0 Å². The Kier molecular flexibility index (Phi) is 4.51. The molecule has 1 aliphatic rings. The van der Waals surface area contributed by atoms with E-state index in [2.05, 4.69) is 10.3 Å². The van der Waals surface area contributed by atoms with Gasteiger partial charge in [-0.2, -0.15) is 0 Å². The van der Waals surface area contributed by atoms with Crippen molar-refractivity contribution in [2.75, 3.05) is 0 Å². The quantitative estimate of drug-likeness (QED) is 0.835. The smallest absolute Gasteiger partial charge is 0.332 e. The molecular formula is C17H22N4O3. The molecule has 3 rings (SSSR count). The Hall–Kier alpha value is -2.44. The van der Waals surface area contributed by atoms with Crippen LogP contribution in [0.25, 0.3) is 11.0 Å². The zero-order valence-electron chi connectivity index (χ0n) is 14.0. The third-order valence-electron chi connectivity index (χ3n) is 4.75. The molecule has 1 N–H and O–H groups in total. The third kappa shape index (κ3) is 2.98. The van der Waals surface area contributed by atoms with Crippen molar-refractivity contribution in [2.45, 2.75) is 44.6 Å². The minimum absolute atomic E-state index is 0.179. The Labute approximate surface area is 139 Å². The summed E-state index contributed by atoms with van der Waals surface area (Å²) in [5.74, 6) is -0.216. The van der Waals surface area contributed by atoms with Gasteiger partial charge in [0.15, 0.2) is 0 Å². The molecule has 0 spiro atoms. The number of rotatable bonds is 2. The van der Waals surface area contributed by atoms with E-state index in [9.17, 15) is 14.4 Å². The summed E-state index contributed by atoms with van der Waals surface area (Å²) in [7, 11) is 2.98. The Morgan fingerprint density at radius 1 is 1.12 bits per heavy atom. The van der Waals surface area contributed by atoms with Crippen LogP contribution in [0.5, 0.6) is 0 Å². The van der Waals surface area contributed by atoms with E-state index >= 15 is 0 Å². The molecule has 2 aromatic rings. The number of nitrogens with zero attached hydrogens (tertiary/aromatic N) is 3. The van der Waals surface area contributed by atoms with Crippen molar-refractivity contribution in [2.24, 2.45) is 14.1 Å². The first-order valence-electron chi connectivity index (χ1n) is 8.35. The standard InChI is InChI=1S/C17H22N4O3/c1-20-14-13(16(23)21(2)17(20)24)9-11(10-18-14)15(22)19-12-7-5-3-4-6-8-12/h9-10,12H,3-8H2,1-2H3,(H,19,22). The van der Waals surface area contributed by atoms with Crippen LogP contribution in [0.1, 0.15) is 48.9 Å². The number of fused-ring (bicyclic) bond motifs is 1. The van der Waals surface area contributed by atoms with Crippen LogP contribution >= 0.6 is 0 Å². The second kappa shape index (κ2) is 6.59. The summed E-state index contributed by atoms with van der Waals surface area (Å²) >= 11 is 0. The Bertz CT molecular complexity index is 889. The number of pyridine rings is 1. The van der Waals surface area contributed by atoms with E-state index in [1.54, 1.807) is 7.05 Å². The van der Waals surface area contributed by atoms with Gasteiger partial charge in [-0.1, -0.05) is 25.7 Å². The van der Waals surface area contributed by atoms with Crippen molar-refractivity contribution >= 4 is 16.9 Å². The average molecular weight is 330 g/mol. The van der Waals surface area contributed by atoms with Gasteiger partial charge in [0.05, 0.1) is 10.9 Å². The monoisotopic (exact) mass is 330 g/mol. The van der Waals surface area contributed by atoms with Gasteiger partial charge in [-0.05, 0) is 18.9 Å². The minimum atomic E-state index is -0.440. The zero-order valence-corrected chi connectivity index (χ0v) is 14.0. The van der Waals surface area contributed by atoms with Crippen molar-refractivity contribution in [3.8, 4) is 0 Å². The van der Waals surface area contributed by atoms with Gasteiger partial charge in [-0.3, -0.25) is 18.7 Å². The van der Waals surface area contributed by atoms with Crippen molar-refractivity contribution < 1.29 is 4.79 Å². The van der Waals surface area contributed by atoms with Crippen molar-refractivity contribution in [1.82, 2.24) is 19.4 Å². The van der Waals surface area contributed by atoms with Gasteiger partial charge in [0.2, 0.25) is 0 Å². The Balaban J connectivity index is 1.94. The molecule has 0 atom stereocenters. The van der Waals surface area contributed by atoms with Gasteiger partial charge >= 0.3 is 5.69 Å². The van der Waals surface area contributed by atoms with E-state index in [0.29, 0.717) is 5.56 Å². The Morgan fingerprint density at radius 3 is 2.46 bits per heavy atom. The van der Waals surface area contributed by atoms with E-state index in [0.717, 1.165) is 30.3 Å². The maximum atomic E-state index is 12.5. The molecule has 0 radical (unpaired) electrons. The molecule has 1 fully saturated rings. The molecule has 24 heavy (non-hydrogen) atoms. The minimum Gasteiger partial charge on any atom is -0.349 e. The summed E-state index contributed by atoms with van der Waals surface area (Å²) < 4.78 is 2.33. The summed E-state index contributed by atoms with van der Waals surface area (Å²) in [6.07, 6.45) is 8.09. The number of hydrogen-bond acceptors (Lipinski definition) is 4. The maximum absolute atomic E-state index is 12.5. The van der Waals surface area contributed by atoms with Crippen molar-refractivity contribution in [3.05, 3.63) is 38.7 Å². The molecule has 0 bridgehead atoms. The number of carbonyl (C=O) groups excluding carboxylic acids is 1. The van der Waals surface area contributed by atoms with E-state index in [-0.39, 0.29) is 23.0 Å². The molecule has 1 saturated carbocycles. The number of amides is 1. The van der Waals surface area contributed by atoms with Crippen molar-refractivity contribution in [1.29, 1.82) is 0 Å². The highest BCUT2D eigenvalue weighted by Crippen LogP contribution is 2.18. The number of nitrogens with one attached hydrogen (secondary N) is 1.